The summed E-state index contributed by atoms with van der Waals surface area (Å²) in [5, 5.41) is 9.17. The molecule has 1 amide bonds. The predicted octanol–water partition coefficient (Wildman–Crippen LogP) is 0.404. The molecule has 5 nitrogen and oxygen atoms in total. The summed E-state index contributed by atoms with van der Waals surface area (Å²) in [5.74, 6) is -0.578. The number of carboxylic acids is 1. The van der Waals surface area contributed by atoms with E-state index in [0.29, 0.717) is 0 Å². The van der Waals surface area contributed by atoms with E-state index in [1.54, 1.807) is 0 Å². The fourth-order valence-electron chi connectivity index (χ4n) is 2.84. The molecule has 0 aliphatic carbocycles. The summed E-state index contributed by atoms with van der Waals surface area (Å²) >= 11 is 0. The Balaban J connectivity index is 1.93. The highest BCUT2D eigenvalue weighted by atomic mass is 16.4. The van der Waals surface area contributed by atoms with Crippen molar-refractivity contribution in [2.24, 2.45) is 5.92 Å². The fourth-order valence-corrected chi connectivity index (χ4v) is 2.84. The first kappa shape index (κ1) is 12.4. The number of amides is 1. The minimum Gasteiger partial charge on any atom is -0.480 e. The Labute approximate surface area is 101 Å². The molecule has 0 saturated carbocycles. The molecule has 0 bridgehead atoms. The summed E-state index contributed by atoms with van der Waals surface area (Å²) in [6.45, 7) is 4.60. The van der Waals surface area contributed by atoms with Crippen LogP contribution >= 0.6 is 0 Å². The van der Waals surface area contributed by atoms with Crippen molar-refractivity contribution in [1.82, 2.24) is 9.80 Å². The summed E-state index contributed by atoms with van der Waals surface area (Å²) in [5.41, 5.74) is 0. The Morgan fingerprint density at radius 3 is 2.47 bits per heavy atom. The maximum atomic E-state index is 12.0. The molecule has 2 atom stereocenters. The van der Waals surface area contributed by atoms with Crippen LogP contribution in [0.4, 0.5) is 0 Å². The molecule has 2 aliphatic rings. The molecule has 2 rings (SSSR count). The molecule has 2 heterocycles. The topological polar surface area (TPSA) is 60.9 Å². The molecule has 2 unspecified atom stereocenters. The molecule has 17 heavy (non-hydrogen) atoms. The molecule has 0 aromatic heterocycles. The van der Waals surface area contributed by atoms with Crippen molar-refractivity contribution in [3.05, 3.63) is 0 Å². The third-order valence-electron chi connectivity index (χ3n) is 3.85. The zero-order chi connectivity index (χ0) is 12.4. The Hall–Kier alpha value is -1.10. The highest BCUT2D eigenvalue weighted by Crippen LogP contribution is 2.24. The van der Waals surface area contributed by atoms with Crippen LogP contribution in [0.1, 0.15) is 26.2 Å². The fraction of sp³-hybridized carbons (Fsp3) is 0.833. The second kappa shape index (κ2) is 5.04. The molecular weight excluding hydrogens is 220 g/mol. The van der Waals surface area contributed by atoms with Crippen molar-refractivity contribution in [2.45, 2.75) is 32.2 Å². The largest absolute Gasteiger partial charge is 0.480 e. The number of hydrogen-bond donors (Lipinski definition) is 1. The monoisotopic (exact) mass is 240 g/mol. The maximum Gasteiger partial charge on any atom is 0.321 e. The highest BCUT2D eigenvalue weighted by molar-refractivity contribution is 5.80. The standard InChI is InChI=1S/C12H20N2O3/c1-9-4-7-14(11(9)12(16)17)8-10(15)13-5-2-3-6-13/h9,11H,2-8H2,1H3,(H,16,17). The lowest BCUT2D eigenvalue weighted by molar-refractivity contribution is -0.144. The highest BCUT2D eigenvalue weighted by Gasteiger charge is 2.38. The molecule has 0 aromatic rings. The van der Waals surface area contributed by atoms with Gasteiger partial charge in [-0.25, -0.2) is 0 Å². The van der Waals surface area contributed by atoms with Crippen molar-refractivity contribution in [3.8, 4) is 0 Å². The number of nitrogens with zero attached hydrogens (tertiary/aromatic N) is 2. The number of carboxylic acid groups (broad SMARTS) is 1. The molecule has 5 heteroatoms. The molecular formula is C12H20N2O3. The molecule has 0 spiro atoms. The van der Waals surface area contributed by atoms with Crippen LogP contribution in [0.15, 0.2) is 0 Å². The van der Waals surface area contributed by atoms with E-state index in [-0.39, 0.29) is 18.4 Å². The minimum atomic E-state index is -0.802. The van der Waals surface area contributed by atoms with Crippen LogP contribution in [-0.2, 0) is 9.59 Å². The summed E-state index contributed by atoms with van der Waals surface area (Å²) in [6.07, 6.45) is 3.01. The van der Waals surface area contributed by atoms with E-state index in [4.69, 9.17) is 5.11 Å². The summed E-state index contributed by atoms with van der Waals surface area (Å²) in [4.78, 5) is 26.8. The van der Waals surface area contributed by atoms with Crippen LogP contribution < -0.4 is 0 Å². The van der Waals surface area contributed by atoms with Gasteiger partial charge in [0, 0.05) is 13.1 Å². The van der Waals surface area contributed by atoms with E-state index in [0.717, 1.165) is 38.9 Å². The zero-order valence-corrected chi connectivity index (χ0v) is 10.3. The van der Waals surface area contributed by atoms with E-state index in [9.17, 15) is 9.59 Å². The van der Waals surface area contributed by atoms with Gasteiger partial charge in [0.25, 0.3) is 0 Å². The van der Waals surface area contributed by atoms with Gasteiger partial charge in [-0.2, -0.15) is 0 Å². The van der Waals surface area contributed by atoms with E-state index in [1.165, 1.54) is 0 Å². The van der Waals surface area contributed by atoms with E-state index >= 15 is 0 Å². The maximum absolute atomic E-state index is 12.0. The van der Waals surface area contributed by atoms with Gasteiger partial charge in [-0.15, -0.1) is 0 Å². The second-order valence-corrected chi connectivity index (χ2v) is 5.11. The molecule has 2 aliphatic heterocycles. The number of aliphatic carboxylic acids is 1. The van der Waals surface area contributed by atoms with Crippen LogP contribution in [0.5, 0.6) is 0 Å². The minimum absolute atomic E-state index is 0.0860. The zero-order valence-electron chi connectivity index (χ0n) is 10.3. The van der Waals surface area contributed by atoms with Crippen LogP contribution in [0.25, 0.3) is 0 Å². The van der Waals surface area contributed by atoms with Crippen molar-refractivity contribution in [1.29, 1.82) is 0 Å². The number of hydrogen-bond acceptors (Lipinski definition) is 3. The first-order chi connectivity index (χ1) is 8.09. The van der Waals surface area contributed by atoms with E-state index < -0.39 is 12.0 Å². The predicted molar refractivity (Wildman–Crippen MR) is 62.6 cm³/mol. The van der Waals surface area contributed by atoms with Gasteiger partial charge in [-0.1, -0.05) is 6.92 Å². The molecule has 2 saturated heterocycles. The third-order valence-corrected chi connectivity index (χ3v) is 3.85. The summed E-state index contributed by atoms with van der Waals surface area (Å²) in [7, 11) is 0. The van der Waals surface area contributed by atoms with Gasteiger partial charge in [0.2, 0.25) is 5.91 Å². The average Bonchev–Trinajstić information content (AvgIpc) is 2.87. The van der Waals surface area contributed by atoms with Gasteiger partial charge in [0.15, 0.2) is 0 Å². The first-order valence-corrected chi connectivity index (χ1v) is 6.34. The summed E-state index contributed by atoms with van der Waals surface area (Å²) < 4.78 is 0. The Morgan fingerprint density at radius 2 is 1.88 bits per heavy atom. The SMILES string of the molecule is CC1CCN(CC(=O)N2CCCC2)C1C(=O)O. The lowest BCUT2D eigenvalue weighted by Gasteiger charge is -2.25. The Morgan fingerprint density at radius 1 is 1.24 bits per heavy atom. The van der Waals surface area contributed by atoms with Crippen molar-refractivity contribution >= 4 is 11.9 Å². The second-order valence-electron chi connectivity index (χ2n) is 5.11. The van der Waals surface area contributed by atoms with Gasteiger partial charge in [-0.05, 0) is 31.7 Å². The van der Waals surface area contributed by atoms with Gasteiger partial charge in [-0.3, -0.25) is 14.5 Å². The Kier molecular flexibility index (Phi) is 3.66. The molecule has 0 aromatic carbocycles. The molecule has 96 valence electrons. The van der Waals surface area contributed by atoms with E-state index in [1.807, 2.05) is 16.7 Å². The summed E-state index contributed by atoms with van der Waals surface area (Å²) in [6, 6.07) is -0.485. The lowest BCUT2D eigenvalue weighted by Crippen LogP contribution is -2.45. The molecule has 2 fully saturated rings. The van der Waals surface area contributed by atoms with E-state index in [2.05, 4.69) is 0 Å². The molecule has 0 radical (unpaired) electrons. The lowest BCUT2D eigenvalue weighted by atomic mass is 10.0. The Bertz CT molecular complexity index is 313. The van der Waals surface area contributed by atoms with Crippen molar-refractivity contribution in [2.75, 3.05) is 26.2 Å². The molecule has 1 N–H and O–H groups in total. The first-order valence-electron chi connectivity index (χ1n) is 6.34. The third kappa shape index (κ3) is 2.60. The quantitative estimate of drug-likeness (QED) is 0.776. The number of rotatable bonds is 3. The average molecular weight is 240 g/mol. The number of carbonyl (C=O) groups is 2. The van der Waals surface area contributed by atoms with Gasteiger partial charge in [0.1, 0.15) is 6.04 Å². The van der Waals surface area contributed by atoms with Gasteiger partial charge >= 0.3 is 5.97 Å². The smallest absolute Gasteiger partial charge is 0.321 e. The van der Waals surface area contributed by atoms with Crippen LogP contribution in [0.2, 0.25) is 0 Å². The van der Waals surface area contributed by atoms with Gasteiger partial charge in [0.05, 0.1) is 6.54 Å². The van der Waals surface area contributed by atoms with Crippen molar-refractivity contribution in [3.63, 3.8) is 0 Å². The van der Waals surface area contributed by atoms with Crippen LogP contribution in [0, 0.1) is 5.92 Å². The number of likely N-dealkylation sites (tertiary alicyclic amines) is 2. The van der Waals surface area contributed by atoms with Crippen LogP contribution in [0.3, 0.4) is 0 Å². The van der Waals surface area contributed by atoms with Gasteiger partial charge < -0.3 is 10.0 Å². The number of carbonyl (C=O) groups excluding carboxylic acids is 1. The normalized spacial score (nSPS) is 29.8. The van der Waals surface area contributed by atoms with Crippen LogP contribution in [-0.4, -0.2) is 59.0 Å². The van der Waals surface area contributed by atoms with Crippen molar-refractivity contribution < 1.29 is 14.7 Å².